The molecule has 0 aliphatic carbocycles. The van der Waals surface area contributed by atoms with Crippen molar-refractivity contribution in [3.05, 3.63) is 66.0 Å². The standard InChI is InChI=1S/C22H28N4O/c27-22(26-16-21(17-26)20-7-10-23-11-8-20)24-12-6-19-9-13-25(15-19)14-18-4-2-1-3-5-18/h1-5,7-8,10-11,19,21H,6,9,12-17H2,(H,24,27). The molecule has 1 unspecified atom stereocenters. The summed E-state index contributed by atoms with van der Waals surface area (Å²) in [6, 6.07) is 14.8. The van der Waals surface area contributed by atoms with Crippen LogP contribution < -0.4 is 5.32 Å². The Bertz CT molecular complexity index is 730. The van der Waals surface area contributed by atoms with Crippen LogP contribution in [0.15, 0.2) is 54.9 Å². The number of likely N-dealkylation sites (tertiary alicyclic amines) is 2. The molecule has 4 rings (SSSR count). The average molecular weight is 364 g/mol. The summed E-state index contributed by atoms with van der Waals surface area (Å²) < 4.78 is 0. The molecule has 1 aromatic heterocycles. The van der Waals surface area contributed by atoms with Gasteiger partial charge >= 0.3 is 6.03 Å². The first-order chi connectivity index (χ1) is 13.3. The van der Waals surface area contributed by atoms with Crippen molar-refractivity contribution in [2.24, 2.45) is 5.92 Å². The molecule has 142 valence electrons. The van der Waals surface area contributed by atoms with Crippen molar-refractivity contribution in [3.8, 4) is 0 Å². The molecule has 3 heterocycles. The minimum atomic E-state index is 0.0828. The number of carbonyl (C=O) groups excluding carboxylic acids is 1. The van der Waals surface area contributed by atoms with Crippen molar-refractivity contribution >= 4 is 6.03 Å². The zero-order valence-electron chi connectivity index (χ0n) is 15.8. The lowest BCUT2D eigenvalue weighted by Crippen LogP contribution is -2.52. The quantitative estimate of drug-likeness (QED) is 0.857. The maximum atomic E-state index is 12.3. The topological polar surface area (TPSA) is 48.5 Å². The Kier molecular flexibility index (Phi) is 5.68. The first kappa shape index (κ1) is 18.0. The molecule has 0 bridgehead atoms. The molecule has 5 nitrogen and oxygen atoms in total. The van der Waals surface area contributed by atoms with Crippen LogP contribution in [0.1, 0.15) is 29.9 Å². The molecule has 2 fully saturated rings. The Hall–Kier alpha value is -2.40. The van der Waals surface area contributed by atoms with E-state index in [2.05, 4.69) is 45.5 Å². The number of nitrogens with zero attached hydrogens (tertiary/aromatic N) is 3. The van der Waals surface area contributed by atoms with E-state index in [-0.39, 0.29) is 6.03 Å². The van der Waals surface area contributed by atoms with Gasteiger partial charge in [0.1, 0.15) is 0 Å². The number of rotatable bonds is 6. The molecule has 5 heteroatoms. The zero-order valence-corrected chi connectivity index (χ0v) is 15.8. The number of pyridine rings is 1. The summed E-state index contributed by atoms with van der Waals surface area (Å²) in [7, 11) is 0. The summed E-state index contributed by atoms with van der Waals surface area (Å²) in [6.07, 6.45) is 5.94. The van der Waals surface area contributed by atoms with E-state index < -0.39 is 0 Å². The first-order valence-electron chi connectivity index (χ1n) is 9.97. The van der Waals surface area contributed by atoms with E-state index in [0.717, 1.165) is 45.7 Å². The van der Waals surface area contributed by atoms with Crippen molar-refractivity contribution < 1.29 is 4.79 Å². The maximum absolute atomic E-state index is 12.3. The third-order valence-corrected chi connectivity index (χ3v) is 5.79. The number of urea groups is 1. The van der Waals surface area contributed by atoms with Crippen LogP contribution in [0.2, 0.25) is 0 Å². The van der Waals surface area contributed by atoms with Crippen LogP contribution in [0.5, 0.6) is 0 Å². The number of hydrogen-bond acceptors (Lipinski definition) is 3. The summed E-state index contributed by atoms with van der Waals surface area (Å²) in [4.78, 5) is 20.8. The monoisotopic (exact) mass is 364 g/mol. The van der Waals surface area contributed by atoms with Gasteiger partial charge in [-0.05, 0) is 48.6 Å². The number of hydrogen-bond donors (Lipinski definition) is 1. The van der Waals surface area contributed by atoms with Crippen molar-refractivity contribution in [2.75, 3.05) is 32.7 Å². The summed E-state index contributed by atoms with van der Waals surface area (Å²) >= 11 is 0. The third-order valence-electron chi connectivity index (χ3n) is 5.79. The molecule has 0 saturated carbocycles. The molecule has 1 atom stereocenters. The first-order valence-corrected chi connectivity index (χ1v) is 9.97. The molecule has 0 radical (unpaired) electrons. The molecule has 2 saturated heterocycles. The fraction of sp³-hybridized carbons (Fsp3) is 0.455. The number of carbonyl (C=O) groups is 1. The van der Waals surface area contributed by atoms with E-state index in [1.807, 2.05) is 29.4 Å². The Labute approximate surface area is 161 Å². The van der Waals surface area contributed by atoms with Crippen molar-refractivity contribution in [1.82, 2.24) is 20.1 Å². The number of aromatic nitrogens is 1. The van der Waals surface area contributed by atoms with Gasteiger partial charge in [0.2, 0.25) is 0 Å². The molecule has 2 aromatic rings. The normalized spacial score (nSPS) is 20.4. The lowest BCUT2D eigenvalue weighted by molar-refractivity contribution is 0.151. The average Bonchev–Trinajstić information content (AvgIpc) is 3.09. The Morgan fingerprint density at radius 1 is 1.07 bits per heavy atom. The van der Waals surface area contributed by atoms with Crippen LogP contribution in [0.25, 0.3) is 0 Å². The molecule has 2 aliphatic rings. The molecular formula is C22H28N4O. The highest BCUT2D eigenvalue weighted by Crippen LogP contribution is 2.26. The van der Waals surface area contributed by atoms with E-state index in [0.29, 0.717) is 11.8 Å². The van der Waals surface area contributed by atoms with Gasteiger partial charge in [-0.1, -0.05) is 30.3 Å². The van der Waals surface area contributed by atoms with Gasteiger partial charge in [-0.3, -0.25) is 9.88 Å². The maximum Gasteiger partial charge on any atom is 0.317 e. The van der Waals surface area contributed by atoms with Gasteiger partial charge in [0.15, 0.2) is 0 Å². The smallest absolute Gasteiger partial charge is 0.317 e. The van der Waals surface area contributed by atoms with E-state index in [9.17, 15) is 4.79 Å². The number of amides is 2. The molecule has 0 spiro atoms. The van der Waals surface area contributed by atoms with Gasteiger partial charge in [0, 0.05) is 51.0 Å². The minimum absolute atomic E-state index is 0.0828. The van der Waals surface area contributed by atoms with Gasteiger partial charge in [0.05, 0.1) is 0 Å². The van der Waals surface area contributed by atoms with E-state index >= 15 is 0 Å². The molecule has 2 aliphatic heterocycles. The highest BCUT2D eigenvalue weighted by atomic mass is 16.2. The fourth-order valence-electron chi connectivity index (χ4n) is 4.12. The van der Waals surface area contributed by atoms with Crippen molar-refractivity contribution in [1.29, 1.82) is 0 Å². The largest absolute Gasteiger partial charge is 0.338 e. The van der Waals surface area contributed by atoms with E-state index in [4.69, 9.17) is 0 Å². The van der Waals surface area contributed by atoms with Gasteiger partial charge in [-0.2, -0.15) is 0 Å². The van der Waals surface area contributed by atoms with Gasteiger partial charge in [-0.15, -0.1) is 0 Å². The van der Waals surface area contributed by atoms with Crippen molar-refractivity contribution in [2.45, 2.75) is 25.3 Å². The SMILES string of the molecule is O=C(NCCC1CCN(Cc2ccccc2)C1)N1CC(c2ccncc2)C1. The summed E-state index contributed by atoms with van der Waals surface area (Å²) in [5.74, 6) is 1.15. The lowest BCUT2D eigenvalue weighted by Gasteiger charge is -2.39. The van der Waals surface area contributed by atoms with Crippen LogP contribution in [0.3, 0.4) is 0 Å². The Morgan fingerprint density at radius 2 is 1.85 bits per heavy atom. The second-order valence-electron chi connectivity index (χ2n) is 7.78. The Morgan fingerprint density at radius 3 is 2.63 bits per heavy atom. The van der Waals surface area contributed by atoms with Crippen LogP contribution >= 0.6 is 0 Å². The van der Waals surface area contributed by atoms with E-state index in [1.54, 1.807) is 0 Å². The Balaban J connectivity index is 1.12. The van der Waals surface area contributed by atoms with Crippen LogP contribution in [-0.2, 0) is 6.54 Å². The summed E-state index contributed by atoms with van der Waals surface area (Å²) in [6.45, 7) is 5.73. The van der Waals surface area contributed by atoms with Crippen molar-refractivity contribution in [3.63, 3.8) is 0 Å². The lowest BCUT2D eigenvalue weighted by atomic mass is 9.93. The predicted molar refractivity (Wildman–Crippen MR) is 106 cm³/mol. The summed E-state index contributed by atoms with van der Waals surface area (Å²) in [5, 5.41) is 3.10. The van der Waals surface area contributed by atoms with Crippen LogP contribution in [0.4, 0.5) is 4.79 Å². The van der Waals surface area contributed by atoms with Crippen LogP contribution in [0, 0.1) is 5.92 Å². The van der Waals surface area contributed by atoms with Gasteiger partial charge in [0.25, 0.3) is 0 Å². The third kappa shape index (κ3) is 4.66. The predicted octanol–water partition coefficient (Wildman–Crippen LogP) is 3.10. The second-order valence-corrected chi connectivity index (χ2v) is 7.78. The molecule has 2 amide bonds. The number of benzene rings is 1. The zero-order chi connectivity index (χ0) is 18.5. The molecule has 1 N–H and O–H groups in total. The molecule has 1 aromatic carbocycles. The minimum Gasteiger partial charge on any atom is -0.338 e. The fourth-order valence-corrected chi connectivity index (χ4v) is 4.12. The number of nitrogens with one attached hydrogen (secondary N) is 1. The highest BCUT2D eigenvalue weighted by molar-refractivity contribution is 5.75. The van der Waals surface area contributed by atoms with Crippen LogP contribution in [-0.4, -0.2) is 53.5 Å². The molecular weight excluding hydrogens is 336 g/mol. The van der Waals surface area contributed by atoms with Gasteiger partial charge < -0.3 is 10.2 Å². The van der Waals surface area contributed by atoms with Gasteiger partial charge in [-0.25, -0.2) is 4.79 Å². The second kappa shape index (κ2) is 8.53. The van der Waals surface area contributed by atoms with E-state index in [1.165, 1.54) is 17.5 Å². The summed E-state index contributed by atoms with van der Waals surface area (Å²) in [5.41, 5.74) is 2.66. The molecule has 27 heavy (non-hydrogen) atoms. The highest BCUT2D eigenvalue weighted by Gasteiger charge is 2.31.